The van der Waals surface area contributed by atoms with Gasteiger partial charge in [0.05, 0.1) is 12.2 Å². The van der Waals surface area contributed by atoms with E-state index in [0.29, 0.717) is 36.3 Å². The number of benzene rings is 1. The van der Waals surface area contributed by atoms with Gasteiger partial charge in [0.25, 0.3) is 0 Å². The Bertz CT molecular complexity index is 413. The van der Waals surface area contributed by atoms with Crippen molar-refractivity contribution in [3.63, 3.8) is 0 Å². The van der Waals surface area contributed by atoms with E-state index in [1.165, 1.54) is 6.07 Å². The molecule has 0 atom stereocenters. The minimum Gasteiger partial charge on any atom is -0.467 e. The third kappa shape index (κ3) is 1.41. The summed E-state index contributed by atoms with van der Waals surface area (Å²) in [6, 6.07) is 2.99. The van der Waals surface area contributed by atoms with Gasteiger partial charge in [0.1, 0.15) is 11.6 Å². The molecule has 1 aromatic carbocycles. The molecule has 3 rings (SSSR count). The molecule has 15 heavy (non-hydrogen) atoms. The quantitative estimate of drug-likeness (QED) is 0.766. The van der Waals surface area contributed by atoms with E-state index < -0.39 is 5.60 Å². The van der Waals surface area contributed by atoms with Crippen molar-refractivity contribution in [3.8, 4) is 5.75 Å². The second kappa shape index (κ2) is 2.93. The molecule has 0 radical (unpaired) electrons. The van der Waals surface area contributed by atoms with Gasteiger partial charge in [0, 0.05) is 11.1 Å². The van der Waals surface area contributed by atoms with E-state index in [0.717, 1.165) is 0 Å². The van der Waals surface area contributed by atoms with Crippen molar-refractivity contribution in [1.82, 2.24) is 0 Å². The minimum absolute atomic E-state index is 0.191. The molecule has 2 aliphatic rings. The van der Waals surface area contributed by atoms with Crippen LogP contribution >= 0.6 is 0 Å². The van der Waals surface area contributed by atoms with Gasteiger partial charge in [0.2, 0.25) is 0 Å². The van der Waals surface area contributed by atoms with Crippen molar-refractivity contribution in [3.05, 3.63) is 29.1 Å². The zero-order chi connectivity index (χ0) is 10.5. The molecular formula is C11H11FO3. The molecular weight excluding hydrogens is 199 g/mol. The number of halogens is 1. The minimum atomic E-state index is -0.958. The van der Waals surface area contributed by atoms with Crippen LogP contribution in [0.25, 0.3) is 0 Å². The first-order valence-corrected chi connectivity index (χ1v) is 4.95. The van der Waals surface area contributed by atoms with Crippen LogP contribution in [0.3, 0.4) is 0 Å². The molecule has 1 aromatic rings. The molecule has 1 fully saturated rings. The number of aliphatic hydroxyl groups is 1. The monoisotopic (exact) mass is 210 g/mol. The molecule has 1 aliphatic heterocycles. The highest BCUT2D eigenvalue weighted by molar-refractivity contribution is 5.42. The first-order chi connectivity index (χ1) is 7.19. The van der Waals surface area contributed by atoms with Crippen molar-refractivity contribution >= 4 is 0 Å². The number of hydrogen-bond acceptors (Lipinski definition) is 3. The van der Waals surface area contributed by atoms with E-state index in [2.05, 4.69) is 0 Å². The summed E-state index contributed by atoms with van der Waals surface area (Å²) in [5.41, 5.74) is 0.0933. The van der Waals surface area contributed by atoms with Crippen molar-refractivity contribution < 1.29 is 19.0 Å². The van der Waals surface area contributed by atoms with Crippen LogP contribution in [0.5, 0.6) is 5.75 Å². The Morgan fingerprint density at radius 1 is 1.33 bits per heavy atom. The zero-order valence-corrected chi connectivity index (χ0v) is 8.12. The fraction of sp³-hybridized carbons (Fsp3) is 0.455. The Balaban J connectivity index is 2.08. The lowest BCUT2D eigenvalue weighted by atomic mass is 10.0. The van der Waals surface area contributed by atoms with E-state index in [-0.39, 0.29) is 12.6 Å². The average Bonchev–Trinajstić information content (AvgIpc) is 2.96. The summed E-state index contributed by atoms with van der Waals surface area (Å²) in [4.78, 5) is 0. The first-order valence-electron chi connectivity index (χ1n) is 4.95. The molecule has 0 amide bonds. The molecule has 1 N–H and O–H groups in total. The Morgan fingerprint density at radius 2 is 2.13 bits per heavy atom. The maximum atomic E-state index is 13.6. The van der Waals surface area contributed by atoms with Gasteiger partial charge in [-0.2, -0.15) is 0 Å². The maximum Gasteiger partial charge on any atom is 0.189 e. The lowest BCUT2D eigenvalue weighted by Gasteiger charge is -2.20. The summed E-state index contributed by atoms with van der Waals surface area (Å²) in [6.45, 7) is 0.557. The maximum absolute atomic E-state index is 13.6. The lowest BCUT2D eigenvalue weighted by Crippen LogP contribution is -2.15. The van der Waals surface area contributed by atoms with E-state index in [1.54, 1.807) is 6.07 Å². The van der Waals surface area contributed by atoms with E-state index in [9.17, 15) is 9.50 Å². The topological polar surface area (TPSA) is 38.7 Å². The highest BCUT2D eigenvalue weighted by Gasteiger charge is 2.44. The molecule has 4 heteroatoms. The fourth-order valence-electron chi connectivity index (χ4n) is 1.84. The van der Waals surface area contributed by atoms with E-state index in [4.69, 9.17) is 9.47 Å². The van der Waals surface area contributed by atoms with Crippen LogP contribution in [0.15, 0.2) is 12.1 Å². The van der Waals surface area contributed by atoms with Crippen LogP contribution in [-0.2, 0) is 16.9 Å². The van der Waals surface area contributed by atoms with Crippen LogP contribution in [0.4, 0.5) is 4.39 Å². The molecule has 1 aliphatic carbocycles. The fourth-order valence-corrected chi connectivity index (χ4v) is 1.84. The van der Waals surface area contributed by atoms with Crippen LogP contribution in [0, 0.1) is 5.82 Å². The van der Waals surface area contributed by atoms with Gasteiger partial charge in [-0.1, -0.05) is 0 Å². The summed E-state index contributed by atoms with van der Waals surface area (Å²) < 4.78 is 23.9. The highest BCUT2D eigenvalue weighted by Crippen LogP contribution is 2.47. The first kappa shape index (κ1) is 9.12. The van der Waals surface area contributed by atoms with Crippen LogP contribution in [0.1, 0.15) is 24.0 Å². The van der Waals surface area contributed by atoms with E-state index >= 15 is 0 Å². The van der Waals surface area contributed by atoms with Gasteiger partial charge in [-0.05, 0) is 25.0 Å². The van der Waals surface area contributed by atoms with Crippen LogP contribution in [0.2, 0.25) is 0 Å². The third-order valence-corrected chi connectivity index (χ3v) is 2.93. The molecule has 0 bridgehead atoms. The summed E-state index contributed by atoms with van der Waals surface area (Å²) in [6.07, 6.45) is 1.25. The summed E-state index contributed by atoms with van der Waals surface area (Å²) in [5.74, 6) is 0.251. The molecule has 0 saturated heterocycles. The standard InChI is InChI=1S/C11H11FO3/c12-9-3-7-5-14-6-15-10(7)4-8(9)11(13)1-2-11/h3-4,13H,1-2,5-6H2. The van der Waals surface area contributed by atoms with Gasteiger partial charge >= 0.3 is 0 Å². The van der Waals surface area contributed by atoms with E-state index in [1.807, 2.05) is 0 Å². The second-order valence-electron chi connectivity index (χ2n) is 4.08. The molecule has 1 heterocycles. The molecule has 0 spiro atoms. The Hall–Kier alpha value is -1.13. The van der Waals surface area contributed by atoms with Gasteiger partial charge in [-0.15, -0.1) is 0 Å². The van der Waals surface area contributed by atoms with Gasteiger partial charge in [-0.25, -0.2) is 4.39 Å². The number of ether oxygens (including phenoxy) is 2. The van der Waals surface area contributed by atoms with Gasteiger partial charge < -0.3 is 14.6 Å². The lowest BCUT2D eigenvalue weighted by molar-refractivity contribution is -0.0169. The van der Waals surface area contributed by atoms with Crippen molar-refractivity contribution in [1.29, 1.82) is 0 Å². The van der Waals surface area contributed by atoms with Crippen molar-refractivity contribution in [2.45, 2.75) is 25.0 Å². The highest BCUT2D eigenvalue weighted by atomic mass is 19.1. The Kier molecular flexibility index (Phi) is 1.78. The molecule has 0 aromatic heterocycles. The van der Waals surface area contributed by atoms with Crippen molar-refractivity contribution in [2.24, 2.45) is 0 Å². The normalized spacial score (nSPS) is 21.7. The molecule has 0 unspecified atom stereocenters. The Morgan fingerprint density at radius 3 is 2.87 bits per heavy atom. The largest absolute Gasteiger partial charge is 0.467 e. The molecule has 3 nitrogen and oxygen atoms in total. The van der Waals surface area contributed by atoms with Crippen LogP contribution in [-0.4, -0.2) is 11.9 Å². The summed E-state index contributed by atoms with van der Waals surface area (Å²) >= 11 is 0. The van der Waals surface area contributed by atoms with Crippen molar-refractivity contribution in [2.75, 3.05) is 6.79 Å². The van der Waals surface area contributed by atoms with Gasteiger partial charge in [-0.3, -0.25) is 0 Å². The third-order valence-electron chi connectivity index (χ3n) is 2.93. The Labute approximate surface area is 86.4 Å². The van der Waals surface area contributed by atoms with Gasteiger partial charge in [0.15, 0.2) is 6.79 Å². The summed E-state index contributed by atoms with van der Waals surface area (Å²) in [5, 5.41) is 9.86. The average molecular weight is 210 g/mol. The number of rotatable bonds is 1. The molecule has 1 saturated carbocycles. The molecule has 80 valence electrons. The number of hydrogen-bond donors (Lipinski definition) is 1. The smallest absolute Gasteiger partial charge is 0.189 e. The van der Waals surface area contributed by atoms with Crippen LogP contribution < -0.4 is 4.74 Å². The predicted molar refractivity (Wildman–Crippen MR) is 49.8 cm³/mol. The SMILES string of the molecule is OC1(c2cc3c(cc2F)COCO3)CC1. The second-order valence-corrected chi connectivity index (χ2v) is 4.08. The predicted octanol–water partition coefficient (Wildman–Crippen LogP) is 1.67. The zero-order valence-electron chi connectivity index (χ0n) is 8.12. The summed E-state index contributed by atoms with van der Waals surface area (Å²) in [7, 11) is 0. The number of fused-ring (bicyclic) bond motifs is 1.